The number of hydrogen-bond acceptors (Lipinski definition) is 3. The zero-order chi connectivity index (χ0) is 16.1. The molecule has 24 heavy (non-hydrogen) atoms. The van der Waals surface area contributed by atoms with E-state index in [1.54, 1.807) is 0 Å². The van der Waals surface area contributed by atoms with Gasteiger partial charge in [-0.1, -0.05) is 46.3 Å². The fourth-order valence-corrected chi connectivity index (χ4v) is 3.37. The Kier molecular flexibility index (Phi) is 2.90. The van der Waals surface area contributed by atoms with Crippen LogP contribution >= 0.6 is 15.9 Å². The molecule has 0 saturated heterocycles. The lowest BCUT2D eigenvalue weighted by molar-refractivity contribution is 1.33. The minimum atomic E-state index is 0.720. The van der Waals surface area contributed by atoms with E-state index < -0.39 is 0 Å². The van der Waals surface area contributed by atoms with Gasteiger partial charge in [0, 0.05) is 10.0 Å². The molecular weight excluding hydrogens is 364 g/mol. The van der Waals surface area contributed by atoms with Gasteiger partial charge < -0.3 is 4.98 Å². The highest BCUT2D eigenvalue weighted by Gasteiger charge is 2.11. The quantitative estimate of drug-likeness (QED) is 0.415. The number of fused-ring (bicyclic) bond motifs is 3. The highest BCUT2D eigenvalue weighted by molar-refractivity contribution is 9.10. The molecule has 4 nitrogen and oxygen atoms in total. The van der Waals surface area contributed by atoms with E-state index in [4.69, 9.17) is 4.98 Å². The second-order valence-corrected chi connectivity index (χ2v) is 6.49. The second-order valence-electron chi connectivity index (χ2n) is 5.64. The van der Waals surface area contributed by atoms with E-state index in [9.17, 15) is 0 Å². The molecule has 0 fully saturated rings. The van der Waals surface area contributed by atoms with Gasteiger partial charge in [-0.15, -0.1) is 0 Å². The molecule has 0 aliphatic carbocycles. The summed E-state index contributed by atoms with van der Waals surface area (Å²) in [5.74, 6) is 0.720. The molecule has 1 N–H and O–H groups in total. The van der Waals surface area contributed by atoms with Crippen LogP contribution in [0.3, 0.4) is 0 Å². The molecule has 0 aliphatic heterocycles. The molecule has 0 saturated carbocycles. The molecule has 0 atom stereocenters. The number of nitrogens with one attached hydrogen (secondary N) is 1. The van der Waals surface area contributed by atoms with E-state index in [0.29, 0.717) is 0 Å². The Morgan fingerprint density at radius 3 is 2.29 bits per heavy atom. The van der Waals surface area contributed by atoms with Crippen molar-refractivity contribution in [1.82, 2.24) is 19.9 Å². The topological polar surface area (TPSA) is 54.5 Å². The minimum Gasteiger partial charge on any atom is -0.352 e. The number of benzene rings is 3. The second kappa shape index (κ2) is 5.11. The molecule has 0 bridgehead atoms. The van der Waals surface area contributed by atoms with E-state index in [1.165, 1.54) is 0 Å². The monoisotopic (exact) mass is 374 g/mol. The number of rotatable bonds is 1. The van der Waals surface area contributed by atoms with Crippen molar-refractivity contribution >= 4 is 49.0 Å². The lowest BCUT2D eigenvalue weighted by Gasteiger charge is -2.01. The van der Waals surface area contributed by atoms with Gasteiger partial charge in [0.05, 0.1) is 33.1 Å². The molecule has 0 aliphatic rings. The van der Waals surface area contributed by atoms with Gasteiger partial charge >= 0.3 is 0 Å². The predicted octanol–water partition coefficient (Wildman–Crippen LogP) is 5.09. The van der Waals surface area contributed by atoms with Crippen molar-refractivity contribution in [3.05, 3.63) is 65.1 Å². The van der Waals surface area contributed by atoms with Crippen LogP contribution in [0.1, 0.15) is 0 Å². The Bertz CT molecular complexity index is 1150. The zero-order valence-electron chi connectivity index (χ0n) is 12.5. The van der Waals surface area contributed by atoms with Gasteiger partial charge in [-0.05, 0) is 30.3 Å². The predicted molar refractivity (Wildman–Crippen MR) is 99.8 cm³/mol. The summed E-state index contributed by atoms with van der Waals surface area (Å²) >= 11 is 3.57. The molecule has 114 valence electrons. The van der Waals surface area contributed by atoms with Gasteiger partial charge in [-0.3, -0.25) is 0 Å². The fraction of sp³-hybridized carbons (Fsp3) is 0. The first-order chi connectivity index (χ1) is 11.8. The number of nitrogens with zero attached hydrogens (tertiary/aromatic N) is 3. The summed E-state index contributed by atoms with van der Waals surface area (Å²) in [7, 11) is 0. The number of halogens is 1. The van der Waals surface area contributed by atoms with E-state index in [0.717, 1.165) is 49.0 Å². The van der Waals surface area contributed by atoms with Gasteiger partial charge in [0.1, 0.15) is 0 Å². The van der Waals surface area contributed by atoms with Crippen LogP contribution in [0, 0.1) is 0 Å². The van der Waals surface area contributed by atoms with Gasteiger partial charge in [0.15, 0.2) is 5.82 Å². The summed E-state index contributed by atoms with van der Waals surface area (Å²) in [6.07, 6.45) is 0. The number of para-hydroxylation sites is 2. The lowest BCUT2D eigenvalue weighted by atomic mass is 10.2. The average molecular weight is 375 g/mol. The number of H-pyrrole nitrogens is 1. The van der Waals surface area contributed by atoms with Crippen molar-refractivity contribution in [2.45, 2.75) is 0 Å². The van der Waals surface area contributed by atoms with Crippen LogP contribution in [-0.2, 0) is 0 Å². The third-order valence-corrected chi connectivity index (χ3v) is 4.77. The van der Waals surface area contributed by atoms with Crippen LogP contribution in [0.2, 0.25) is 0 Å². The summed E-state index contributed by atoms with van der Waals surface area (Å²) in [4.78, 5) is 17.5. The lowest BCUT2D eigenvalue weighted by Crippen LogP contribution is -1.87. The van der Waals surface area contributed by atoms with Crippen LogP contribution in [0.5, 0.6) is 0 Å². The molecule has 5 heteroatoms. The SMILES string of the molecule is Brc1ccccc1-c1nc2cc3nc4ccccc4[nH]c3cc2n1. The van der Waals surface area contributed by atoms with Crippen LogP contribution in [0.4, 0.5) is 0 Å². The number of hydrogen-bond donors (Lipinski definition) is 1. The van der Waals surface area contributed by atoms with Crippen molar-refractivity contribution < 1.29 is 0 Å². The highest BCUT2D eigenvalue weighted by atomic mass is 79.9. The maximum Gasteiger partial charge on any atom is 0.161 e. The van der Waals surface area contributed by atoms with Crippen molar-refractivity contribution in [2.24, 2.45) is 0 Å². The Morgan fingerprint density at radius 1 is 0.667 bits per heavy atom. The van der Waals surface area contributed by atoms with Crippen molar-refractivity contribution in [3.8, 4) is 11.4 Å². The van der Waals surface area contributed by atoms with E-state index in [2.05, 4.69) is 30.9 Å². The first-order valence-corrected chi connectivity index (χ1v) is 8.38. The molecule has 3 aromatic carbocycles. The van der Waals surface area contributed by atoms with E-state index >= 15 is 0 Å². The molecule has 5 aromatic rings. The maximum absolute atomic E-state index is 4.72. The van der Waals surface area contributed by atoms with Crippen LogP contribution in [0.25, 0.3) is 44.5 Å². The van der Waals surface area contributed by atoms with E-state index in [-0.39, 0.29) is 0 Å². The third kappa shape index (κ3) is 2.09. The van der Waals surface area contributed by atoms with Gasteiger partial charge in [0.2, 0.25) is 0 Å². The summed E-state index contributed by atoms with van der Waals surface area (Å²) < 4.78 is 0.986. The minimum absolute atomic E-state index is 0.720. The van der Waals surface area contributed by atoms with Crippen LogP contribution in [0.15, 0.2) is 65.1 Å². The standard InChI is InChI=1S/C19H11BrN4/c20-12-6-2-1-5-11(12)19-23-17-9-15-16(10-18(17)24-19)22-14-8-4-3-7-13(14)21-15/h1-10,21H. The van der Waals surface area contributed by atoms with Gasteiger partial charge in [-0.2, -0.15) is 0 Å². The van der Waals surface area contributed by atoms with E-state index in [1.807, 2.05) is 60.7 Å². The molecule has 2 heterocycles. The average Bonchev–Trinajstić information content (AvgIpc) is 3.00. The smallest absolute Gasteiger partial charge is 0.161 e. The first kappa shape index (κ1) is 13.6. The summed E-state index contributed by atoms with van der Waals surface area (Å²) in [6, 6.07) is 20.0. The third-order valence-electron chi connectivity index (χ3n) is 4.07. The molecule has 0 unspecified atom stereocenters. The Hall–Kier alpha value is -2.79. The largest absolute Gasteiger partial charge is 0.352 e. The number of aromatic amines is 1. The zero-order valence-corrected chi connectivity index (χ0v) is 14.1. The molecule has 2 aromatic heterocycles. The fourth-order valence-electron chi connectivity index (χ4n) is 2.91. The van der Waals surface area contributed by atoms with Crippen molar-refractivity contribution in [2.75, 3.05) is 0 Å². The van der Waals surface area contributed by atoms with Crippen molar-refractivity contribution in [1.29, 1.82) is 0 Å². The Balaban J connectivity index is 1.78. The molecular formula is C19H11BrN4. The first-order valence-electron chi connectivity index (χ1n) is 7.59. The highest BCUT2D eigenvalue weighted by Crippen LogP contribution is 2.29. The number of aromatic nitrogens is 4. The summed E-state index contributed by atoms with van der Waals surface area (Å²) in [5.41, 5.74) is 6.50. The van der Waals surface area contributed by atoms with Gasteiger partial charge in [-0.25, -0.2) is 15.0 Å². The molecule has 0 amide bonds. The van der Waals surface area contributed by atoms with Crippen molar-refractivity contribution in [3.63, 3.8) is 0 Å². The summed E-state index contributed by atoms with van der Waals surface area (Å²) in [6.45, 7) is 0. The molecule has 0 radical (unpaired) electrons. The Labute approximate surface area is 145 Å². The summed E-state index contributed by atoms with van der Waals surface area (Å²) in [5, 5.41) is 0. The van der Waals surface area contributed by atoms with Gasteiger partial charge in [0.25, 0.3) is 0 Å². The normalized spacial score (nSPS) is 11.5. The Morgan fingerprint density at radius 2 is 1.42 bits per heavy atom. The maximum atomic E-state index is 4.72. The van der Waals surface area contributed by atoms with Crippen LogP contribution in [-0.4, -0.2) is 19.9 Å². The van der Waals surface area contributed by atoms with Crippen LogP contribution < -0.4 is 0 Å². The molecule has 5 rings (SSSR count). The number of imidazole rings is 1. The molecule has 0 spiro atoms.